The minimum absolute atomic E-state index is 0. The first-order chi connectivity index (χ1) is 10.9. The highest BCUT2D eigenvalue weighted by molar-refractivity contribution is 5.85. The van der Waals surface area contributed by atoms with Crippen LogP contribution in [0.5, 0.6) is 17.2 Å². The zero-order valence-electron chi connectivity index (χ0n) is 13.2. The molecule has 0 aliphatic carbocycles. The molecule has 0 spiro atoms. The standard InChI is InChI=1S/C14H18F2N2O5.ClH/c1-18(13(19)9(17)6-20-2)5-8-3-11-12(22-7-21-11)4-10(8)23-14(15)16;/h3-4,9,14H,5-7,17H2,1-2H3;1H. The maximum atomic E-state index is 12.6. The van der Waals surface area contributed by atoms with Gasteiger partial charge in [0.25, 0.3) is 0 Å². The minimum atomic E-state index is -2.99. The Balaban J connectivity index is 0.00000288. The van der Waals surface area contributed by atoms with Gasteiger partial charge in [0.1, 0.15) is 11.8 Å². The smallest absolute Gasteiger partial charge is 0.387 e. The molecule has 1 aromatic carbocycles. The van der Waals surface area contributed by atoms with E-state index in [2.05, 4.69) is 4.74 Å². The van der Waals surface area contributed by atoms with E-state index in [0.717, 1.165) is 0 Å². The normalized spacial score (nSPS) is 13.4. The summed E-state index contributed by atoms with van der Waals surface area (Å²) >= 11 is 0. The number of ether oxygens (including phenoxy) is 4. The summed E-state index contributed by atoms with van der Waals surface area (Å²) in [4.78, 5) is 13.4. The fourth-order valence-electron chi connectivity index (χ4n) is 2.16. The maximum Gasteiger partial charge on any atom is 0.387 e. The number of rotatable bonds is 7. The molecule has 2 rings (SSSR count). The number of nitrogens with zero attached hydrogens (tertiary/aromatic N) is 1. The van der Waals surface area contributed by atoms with Crippen LogP contribution in [0, 0.1) is 0 Å². The van der Waals surface area contributed by atoms with Crippen LogP contribution in [0.15, 0.2) is 12.1 Å². The number of amides is 1. The number of benzene rings is 1. The van der Waals surface area contributed by atoms with Gasteiger partial charge in [-0.3, -0.25) is 4.79 Å². The van der Waals surface area contributed by atoms with E-state index in [1.54, 1.807) is 0 Å². The van der Waals surface area contributed by atoms with Gasteiger partial charge in [-0.05, 0) is 6.07 Å². The Morgan fingerprint density at radius 3 is 2.58 bits per heavy atom. The lowest BCUT2D eigenvalue weighted by Gasteiger charge is -2.22. The molecule has 7 nitrogen and oxygen atoms in total. The van der Waals surface area contributed by atoms with Crippen LogP contribution in [-0.2, 0) is 16.1 Å². The minimum Gasteiger partial charge on any atom is -0.454 e. The Morgan fingerprint density at radius 1 is 1.38 bits per heavy atom. The number of nitrogens with two attached hydrogens (primary N) is 1. The number of halogens is 3. The second-order valence-corrected chi connectivity index (χ2v) is 4.95. The van der Waals surface area contributed by atoms with E-state index >= 15 is 0 Å². The summed E-state index contributed by atoms with van der Waals surface area (Å²) in [7, 11) is 2.94. The number of alkyl halides is 2. The lowest BCUT2D eigenvalue weighted by Crippen LogP contribution is -2.44. The molecule has 1 unspecified atom stereocenters. The lowest BCUT2D eigenvalue weighted by atomic mass is 10.1. The number of methoxy groups -OCH3 is 1. The van der Waals surface area contributed by atoms with Crippen LogP contribution in [0.4, 0.5) is 8.78 Å². The van der Waals surface area contributed by atoms with Gasteiger partial charge in [0.15, 0.2) is 11.5 Å². The van der Waals surface area contributed by atoms with Crippen LogP contribution in [-0.4, -0.2) is 51.0 Å². The molecule has 136 valence electrons. The van der Waals surface area contributed by atoms with E-state index in [1.165, 1.54) is 31.2 Å². The fraction of sp³-hybridized carbons (Fsp3) is 0.500. The molecular formula is C14H19ClF2N2O5. The van der Waals surface area contributed by atoms with Crippen molar-refractivity contribution >= 4 is 18.3 Å². The molecule has 1 aromatic rings. The first kappa shape index (κ1) is 20.2. The van der Waals surface area contributed by atoms with Crippen LogP contribution < -0.4 is 19.9 Å². The lowest BCUT2D eigenvalue weighted by molar-refractivity contribution is -0.133. The summed E-state index contributed by atoms with van der Waals surface area (Å²) < 4.78 is 44.8. The molecule has 24 heavy (non-hydrogen) atoms. The Labute approximate surface area is 144 Å². The molecule has 1 aliphatic heterocycles. The van der Waals surface area contributed by atoms with E-state index in [4.69, 9.17) is 19.9 Å². The van der Waals surface area contributed by atoms with E-state index in [1.807, 2.05) is 0 Å². The average Bonchev–Trinajstić information content (AvgIpc) is 2.93. The van der Waals surface area contributed by atoms with Crippen molar-refractivity contribution in [3.63, 3.8) is 0 Å². The number of carbonyl (C=O) groups excluding carboxylic acids is 1. The van der Waals surface area contributed by atoms with Crippen molar-refractivity contribution in [3.8, 4) is 17.2 Å². The van der Waals surface area contributed by atoms with Crippen molar-refractivity contribution in [1.29, 1.82) is 0 Å². The molecule has 0 saturated carbocycles. The predicted molar refractivity (Wildman–Crippen MR) is 82.8 cm³/mol. The third kappa shape index (κ3) is 4.83. The summed E-state index contributed by atoms with van der Waals surface area (Å²) in [5.41, 5.74) is 6.04. The van der Waals surface area contributed by atoms with Crippen molar-refractivity contribution in [1.82, 2.24) is 4.90 Å². The van der Waals surface area contributed by atoms with Crippen LogP contribution in [0.3, 0.4) is 0 Å². The number of fused-ring (bicyclic) bond motifs is 1. The van der Waals surface area contributed by atoms with Crippen LogP contribution >= 0.6 is 12.4 Å². The molecule has 1 heterocycles. The van der Waals surface area contributed by atoms with Crippen molar-refractivity contribution in [2.24, 2.45) is 5.73 Å². The molecule has 0 aromatic heterocycles. The molecule has 1 amide bonds. The van der Waals surface area contributed by atoms with Gasteiger partial charge in [0, 0.05) is 32.3 Å². The van der Waals surface area contributed by atoms with Crippen molar-refractivity contribution < 1.29 is 32.5 Å². The van der Waals surface area contributed by atoms with Gasteiger partial charge in [-0.25, -0.2) is 0 Å². The van der Waals surface area contributed by atoms with E-state index < -0.39 is 12.7 Å². The highest BCUT2D eigenvalue weighted by atomic mass is 35.5. The summed E-state index contributed by atoms with van der Waals surface area (Å²) in [5, 5.41) is 0. The number of likely N-dealkylation sites (N-methyl/N-ethyl adjacent to an activating group) is 1. The highest BCUT2D eigenvalue weighted by Crippen LogP contribution is 2.39. The largest absolute Gasteiger partial charge is 0.454 e. The van der Waals surface area contributed by atoms with E-state index in [0.29, 0.717) is 17.1 Å². The highest BCUT2D eigenvalue weighted by Gasteiger charge is 2.23. The summed E-state index contributed by atoms with van der Waals surface area (Å²) in [6, 6.07) is 1.99. The maximum absolute atomic E-state index is 12.6. The van der Waals surface area contributed by atoms with Gasteiger partial charge in [-0.1, -0.05) is 0 Å². The zero-order chi connectivity index (χ0) is 17.0. The quantitative estimate of drug-likeness (QED) is 0.782. The van der Waals surface area contributed by atoms with Gasteiger partial charge in [0.05, 0.1) is 6.61 Å². The molecule has 2 N–H and O–H groups in total. The second-order valence-electron chi connectivity index (χ2n) is 4.95. The van der Waals surface area contributed by atoms with Crippen LogP contribution in [0.25, 0.3) is 0 Å². The van der Waals surface area contributed by atoms with Crippen LogP contribution in [0.1, 0.15) is 5.56 Å². The first-order valence-corrected chi connectivity index (χ1v) is 6.79. The molecule has 0 bridgehead atoms. The van der Waals surface area contributed by atoms with Crippen molar-refractivity contribution in [3.05, 3.63) is 17.7 Å². The first-order valence-electron chi connectivity index (χ1n) is 6.79. The molecule has 1 atom stereocenters. The number of hydrogen-bond acceptors (Lipinski definition) is 6. The van der Waals surface area contributed by atoms with Gasteiger partial charge < -0.3 is 29.6 Å². The molecule has 0 fully saturated rings. The Kier molecular flexibility index (Phi) is 7.46. The molecule has 0 radical (unpaired) electrons. The third-order valence-electron chi connectivity index (χ3n) is 3.22. The summed E-state index contributed by atoms with van der Waals surface area (Å²) in [6.07, 6.45) is 0. The van der Waals surface area contributed by atoms with Crippen molar-refractivity contribution in [2.45, 2.75) is 19.2 Å². The van der Waals surface area contributed by atoms with E-state index in [9.17, 15) is 13.6 Å². The van der Waals surface area contributed by atoms with Gasteiger partial charge in [0.2, 0.25) is 12.7 Å². The van der Waals surface area contributed by atoms with Gasteiger partial charge in [-0.15, -0.1) is 12.4 Å². The summed E-state index contributed by atoms with van der Waals surface area (Å²) in [6.45, 7) is -2.91. The van der Waals surface area contributed by atoms with Crippen molar-refractivity contribution in [2.75, 3.05) is 27.6 Å². The SMILES string of the molecule is COCC(N)C(=O)N(C)Cc1cc2c(cc1OC(F)F)OCO2.Cl. The number of hydrogen-bond donors (Lipinski definition) is 1. The Morgan fingerprint density at radius 2 is 2.00 bits per heavy atom. The van der Waals surface area contributed by atoms with Crippen LogP contribution in [0.2, 0.25) is 0 Å². The third-order valence-corrected chi connectivity index (χ3v) is 3.22. The molecule has 1 aliphatic rings. The Bertz CT molecular complexity index is 576. The molecule has 0 saturated heterocycles. The summed E-state index contributed by atoms with van der Waals surface area (Å²) in [5.74, 6) is 0.259. The molecular weight excluding hydrogens is 350 g/mol. The molecule has 10 heteroatoms. The topological polar surface area (TPSA) is 83.3 Å². The van der Waals surface area contributed by atoms with E-state index in [-0.39, 0.29) is 44.0 Å². The second kappa shape index (κ2) is 8.86. The zero-order valence-corrected chi connectivity index (χ0v) is 14.0. The predicted octanol–water partition coefficient (Wildman–Crippen LogP) is 1.37. The monoisotopic (exact) mass is 368 g/mol. The van der Waals surface area contributed by atoms with Gasteiger partial charge in [-0.2, -0.15) is 8.78 Å². The van der Waals surface area contributed by atoms with Gasteiger partial charge >= 0.3 is 6.61 Å². The average molecular weight is 369 g/mol. The Hall–Kier alpha value is -1.84. The fourth-order valence-corrected chi connectivity index (χ4v) is 2.16. The number of carbonyl (C=O) groups is 1.